The van der Waals surface area contributed by atoms with Gasteiger partial charge in [0.15, 0.2) is 0 Å². The van der Waals surface area contributed by atoms with Gasteiger partial charge in [0.2, 0.25) is 0 Å². The summed E-state index contributed by atoms with van der Waals surface area (Å²) in [6.07, 6.45) is 0. The molecule has 0 fully saturated rings. The summed E-state index contributed by atoms with van der Waals surface area (Å²) in [4.78, 5) is 34.5. The van der Waals surface area contributed by atoms with Gasteiger partial charge in [-0.1, -0.05) is 0 Å². The van der Waals surface area contributed by atoms with E-state index < -0.39 is 47.4 Å². The Hall–Kier alpha value is -2.35. The second kappa shape index (κ2) is 4.39. The van der Waals surface area contributed by atoms with E-state index in [9.17, 15) is 23.2 Å². The first-order valence-electron chi connectivity index (χ1n) is 5.16. The predicted octanol–water partition coefficient (Wildman–Crippen LogP) is -0.0940. The molecule has 1 aliphatic rings. The largest absolute Gasteiger partial charge is 0.480 e. The minimum atomic E-state index is -1.46. The zero-order chi connectivity index (χ0) is 14.3. The third kappa shape index (κ3) is 2.06. The second-order valence-corrected chi connectivity index (χ2v) is 3.97. The summed E-state index contributed by atoms with van der Waals surface area (Å²) >= 11 is 0. The van der Waals surface area contributed by atoms with Crippen molar-refractivity contribution in [3.8, 4) is 0 Å². The summed E-state index contributed by atoms with van der Waals surface area (Å²) in [6, 6.07) is -0.200. The molecular weight excluding hydrogens is 262 g/mol. The highest BCUT2D eigenvalue weighted by Gasteiger charge is 2.40. The Bertz CT molecular complexity index is 603. The minimum absolute atomic E-state index is 0.302. The third-order valence-electron chi connectivity index (χ3n) is 2.69. The molecule has 1 aliphatic heterocycles. The fraction of sp³-hybridized carbons (Fsp3) is 0.182. The number of nitrogens with two attached hydrogens (primary N) is 1. The number of carboxylic acids is 1. The summed E-state index contributed by atoms with van der Waals surface area (Å²) in [5, 5.41) is 8.66. The maximum absolute atomic E-state index is 13.5. The Balaban J connectivity index is 2.47. The number of hydrogen-bond donors (Lipinski definition) is 2. The first-order chi connectivity index (χ1) is 8.82. The molecule has 2 rings (SSSR count). The average molecular weight is 270 g/mol. The Kier molecular flexibility index (Phi) is 3.03. The normalized spacial score (nSPS) is 15.6. The van der Waals surface area contributed by atoms with Gasteiger partial charge in [0.05, 0.1) is 17.8 Å². The number of carboxylic acid groups (broad SMARTS) is 1. The first kappa shape index (κ1) is 13.1. The van der Waals surface area contributed by atoms with Gasteiger partial charge < -0.3 is 15.7 Å². The fourth-order valence-corrected chi connectivity index (χ4v) is 1.79. The van der Waals surface area contributed by atoms with Crippen LogP contribution in [0.15, 0.2) is 12.1 Å². The molecule has 1 heterocycles. The Morgan fingerprint density at radius 1 is 1.37 bits per heavy atom. The molecule has 1 amide bonds. The first-order valence-corrected chi connectivity index (χ1v) is 5.16. The number of carbonyl (C=O) groups is 3. The molecule has 1 aromatic carbocycles. The van der Waals surface area contributed by atoms with E-state index in [-0.39, 0.29) is 5.69 Å². The molecule has 0 radical (unpaired) electrons. The van der Waals surface area contributed by atoms with Crippen molar-refractivity contribution in [2.24, 2.45) is 5.73 Å². The van der Waals surface area contributed by atoms with Crippen molar-refractivity contribution in [3.05, 3.63) is 29.3 Å². The number of benzene rings is 1. The fourth-order valence-electron chi connectivity index (χ4n) is 1.79. The van der Waals surface area contributed by atoms with Gasteiger partial charge in [0.1, 0.15) is 17.7 Å². The highest BCUT2D eigenvalue weighted by atomic mass is 19.1. The van der Waals surface area contributed by atoms with Gasteiger partial charge in [0.25, 0.3) is 11.7 Å². The van der Waals surface area contributed by atoms with Crippen molar-refractivity contribution in [2.45, 2.75) is 6.04 Å². The number of halogens is 2. The summed E-state index contributed by atoms with van der Waals surface area (Å²) in [6.45, 7) is -0.546. The highest BCUT2D eigenvalue weighted by Crippen LogP contribution is 2.31. The van der Waals surface area contributed by atoms with E-state index in [1.54, 1.807) is 0 Å². The molecule has 100 valence electrons. The summed E-state index contributed by atoms with van der Waals surface area (Å²) in [5.41, 5.74) is 4.38. The van der Waals surface area contributed by atoms with Crippen molar-refractivity contribution >= 4 is 23.3 Å². The number of fused-ring (bicyclic) bond motifs is 1. The molecule has 1 atom stereocenters. The molecule has 0 saturated carbocycles. The van der Waals surface area contributed by atoms with Crippen molar-refractivity contribution in [2.75, 3.05) is 11.4 Å². The number of ketones is 1. The number of anilines is 1. The van der Waals surface area contributed by atoms with Crippen LogP contribution >= 0.6 is 0 Å². The van der Waals surface area contributed by atoms with Gasteiger partial charge in [-0.05, 0) is 6.07 Å². The van der Waals surface area contributed by atoms with Crippen LogP contribution in [0.3, 0.4) is 0 Å². The van der Waals surface area contributed by atoms with Gasteiger partial charge in [-0.15, -0.1) is 0 Å². The topological polar surface area (TPSA) is 101 Å². The Labute approximate surface area is 105 Å². The maximum atomic E-state index is 13.5. The lowest BCUT2D eigenvalue weighted by molar-refractivity contribution is -0.138. The summed E-state index contributed by atoms with van der Waals surface area (Å²) < 4.78 is 26.6. The van der Waals surface area contributed by atoms with Crippen LogP contribution in [0.2, 0.25) is 0 Å². The molecule has 0 aromatic heterocycles. The lowest BCUT2D eigenvalue weighted by Crippen LogP contribution is -2.44. The molecule has 3 N–H and O–H groups in total. The van der Waals surface area contributed by atoms with E-state index in [4.69, 9.17) is 10.8 Å². The molecular formula is C11H8F2N2O4. The molecule has 1 unspecified atom stereocenters. The predicted molar refractivity (Wildman–Crippen MR) is 58.7 cm³/mol. The molecule has 0 saturated heterocycles. The molecule has 8 heteroatoms. The van der Waals surface area contributed by atoms with E-state index in [0.29, 0.717) is 11.0 Å². The van der Waals surface area contributed by atoms with Crippen molar-refractivity contribution in [1.82, 2.24) is 0 Å². The van der Waals surface area contributed by atoms with Crippen LogP contribution in [0.1, 0.15) is 10.4 Å². The molecule has 0 spiro atoms. The van der Waals surface area contributed by atoms with Crippen molar-refractivity contribution in [1.29, 1.82) is 0 Å². The lowest BCUT2D eigenvalue weighted by Gasteiger charge is -2.18. The zero-order valence-electron chi connectivity index (χ0n) is 9.39. The number of Topliss-reactive ketones (excluding diaryl/α,β-unsaturated/α-hetero) is 1. The van der Waals surface area contributed by atoms with Crippen LogP contribution in [0.5, 0.6) is 0 Å². The SMILES string of the molecule is NC(CN1C(=O)C(=O)c2c(F)cc(F)cc21)C(=O)O. The second-order valence-electron chi connectivity index (χ2n) is 3.97. The van der Waals surface area contributed by atoms with Gasteiger partial charge in [0, 0.05) is 6.07 Å². The minimum Gasteiger partial charge on any atom is -0.480 e. The van der Waals surface area contributed by atoms with Gasteiger partial charge in [-0.25, -0.2) is 8.78 Å². The monoisotopic (exact) mass is 270 g/mol. The molecule has 0 aliphatic carbocycles. The van der Waals surface area contributed by atoms with Crippen LogP contribution < -0.4 is 10.6 Å². The third-order valence-corrected chi connectivity index (χ3v) is 2.69. The van der Waals surface area contributed by atoms with Crippen LogP contribution in [0.25, 0.3) is 0 Å². The Morgan fingerprint density at radius 3 is 2.58 bits per heavy atom. The summed E-state index contributed by atoms with van der Waals surface area (Å²) in [7, 11) is 0. The zero-order valence-corrected chi connectivity index (χ0v) is 9.39. The number of aliphatic carboxylic acids is 1. The van der Waals surface area contributed by atoms with Crippen LogP contribution in [0.4, 0.5) is 14.5 Å². The van der Waals surface area contributed by atoms with Crippen LogP contribution in [0, 0.1) is 11.6 Å². The van der Waals surface area contributed by atoms with E-state index in [1.165, 1.54) is 0 Å². The highest BCUT2D eigenvalue weighted by molar-refractivity contribution is 6.52. The van der Waals surface area contributed by atoms with E-state index in [0.717, 1.165) is 6.07 Å². The van der Waals surface area contributed by atoms with Crippen LogP contribution in [-0.2, 0) is 9.59 Å². The quantitative estimate of drug-likeness (QED) is 0.747. The van der Waals surface area contributed by atoms with Gasteiger partial charge in [-0.2, -0.15) is 0 Å². The molecule has 6 nitrogen and oxygen atoms in total. The van der Waals surface area contributed by atoms with Crippen molar-refractivity contribution in [3.63, 3.8) is 0 Å². The lowest BCUT2D eigenvalue weighted by atomic mass is 10.1. The molecule has 1 aromatic rings. The van der Waals surface area contributed by atoms with Crippen LogP contribution in [-0.4, -0.2) is 35.4 Å². The average Bonchev–Trinajstić information content (AvgIpc) is 2.54. The van der Waals surface area contributed by atoms with E-state index in [2.05, 4.69) is 0 Å². The van der Waals surface area contributed by atoms with Crippen molar-refractivity contribution < 1.29 is 28.3 Å². The summed E-state index contributed by atoms with van der Waals surface area (Å²) in [5.74, 6) is -5.82. The Morgan fingerprint density at radius 2 is 2.00 bits per heavy atom. The number of amides is 1. The van der Waals surface area contributed by atoms with E-state index in [1.807, 2.05) is 0 Å². The van der Waals surface area contributed by atoms with E-state index >= 15 is 0 Å². The van der Waals surface area contributed by atoms with Gasteiger partial charge in [-0.3, -0.25) is 14.4 Å². The van der Waals surface area contributed by atoms with Gasteiger partial charge >= 0.3 is 5.97 Å². The smallest absolute Gasteiger partial charge is 0.322 e. The number of nitrogens with zero attached hydrogens (tertiary/aromatic N) is 1. The molecule has 0 bridgehead atoms. The maximum Gasteiger partial charge on any atom is 0.322 e. The standard InChI is InChI=1S/C11H8F2N2O4/c12-4-1-5(13)8-7(2-4)15(10(17)9(8)16)3-6(14)11(18)19/h1-2,6H,3,14H2,(H,18,19). The number of hydrogen-bond acceptors (Lipinski definition) is 4. The number of carbonyl (C=O) groups excluding carboxylic acids is 2. The molecule has 19 heavy (non-hydrogen) atoms. The number of rotatable bonds is 3.